The predicted octanol–water partition coefficient (Wildman–Crippen LogP) is 11.0. The number of aryl methyl sites for hydroxylation is 1. The molecule has 0 aliphatic carbocycles. The Balaban J connectivity index is 0.987. The van der Waals surface area contributed by atoms with Crippen LogP contribution in [0.4, 0.5) is 5.69 Å². The van der Waals surface area contributed by atoms with E-state index in [1.807, 2.05) is 24.3 Å². The Morgan fingerprint density at radius 2 is 1.24 bits per heavy atom. The van der Waals surface area contributed by atoms with Crippen LogP contribution in [0.2, 0.25) is 0 Å². The van der Waals surface area contributed by atoms with Crippen molar-refractivity contribution in [3.8, 4) is 11.1 Å². The number of oxazole rings is 1. The number of hydrogen-bond donors (Lipinski definition) is 0. The van der Waals surface area contributed by atoms with Crippen molar-refractivity contribution < 1.29 is 9.21 Å². The molecule has 1 aliphatic heterocycles. The highest BCUT2D eigenvalue weighted by atomic mass is 16.4. The average Bonchev–Trinajstić information content (AvgIpc) is 3.53. The minimum absolute atomic E-state index is 0.150. The number of hydrogen-bond acceptors (Lipinski definition) is 5. The lowest BCUT2D eigenvalue weighted by atomic mass is 10.0. The van der Waals surface area contributed by atoms with Crippen molar-refractivity contribution in [1.29, 1.82) is 0 Å². The van der Waals surface area contributed by atoms with E-state index < -0.39 is 5.76 Å². The minimum Gasteiger partial charge on any atom is -0.405 e. The largest absolute Gasteiger partial charge is 0.420 e. The second kappa shape index (κ2) is 22.8. The van der Waals surface area contributed by atoms with Crippen molar-refractivity contribution in [2.24, 2.45) is 0 Å². The molecular weight excluding hydrogens is 667 g/mol. The van der Waals surface area contributed by atoms with Crippen molar-refractivity contribution >= 4 is 22.6 Å². The first-order valence-electron chi connectivity index (χ1n) is 19.8. The maximum Gasteiger partial charge on any atom is 0.420 e. The summed E-state index contributed by atoms with van der Waals surface area (Å²) < 4.78 is 7.42. The lowest BCUT2D eigenvalue weighted by Crippen LogP contribution is -2.46. The standard InChI is InChI=1S/C48H57N3O3/c1-2-3-4-5-6-7-8-9-10-11-12-13-14-15-16-17-18-19-23-30-44(52)33-34-51-46-32-25-31-45(47(46)54-48(51)53)50-37-35-49(36-38-50)40-41-26-24-29-43(39-41)42-27-21-20-22-28-42/h3-4,6-7,9-10,12-13,15-16,18-22,24-29,31-32,39H,2,5,8,11,14,17,23,30,33-38,40H2,1H3/b4-3-,7-6-,10-9-,13-12-,16-15-,19-18-. The van der Waals surface area contributed by atoms with Gasteiger partial charge in [-0.05, 0) is 79.8 Å². The second-order valence-corrected chi connectivity index (χ2v) is 13.7. The number of aromatic nitrogens is 1. The summed E-state index contributed by atoms with van der Waals surface area (Å²) in [5.74, 6) is -0.253. The molecule has 54 heavy (non-hydrogen) atoms. The van der Waals surface area contributed by atoms with Crippen molar-refractivity contribution in [2.45, 2.75) is 77.8 Å². The van der Waals surface area contributed by atoms with Gasteiger partial charge in [-0.3, -0.25) is 14.3 Å². The first kappa shape index (κ1) is 40.0. The van der Waals surface area contributed by atoms with Gasteiger partial charge >= 0.3 is 5.76 Å². The van der Waals surface area contributed by atoms with Crippen LogP contribution in [-0.4, -0.2) is 41.4 Å². The molecule has 6 heteroatoms. The molecule has 282 valence electrons. The van der Waals surface area contributed by atoms with Crippen LogP contribution >= 0.6 is 0 Å². The number of anilines is 1. The number of para-hydroxylation sites is 1. The fourth-order valence-corrected chi connectivity index (χ4v) is 6.66. The van der Waals surface area contributed by atoms with Crippen LogP contribution in [0.1, 0.15) is 70.3 Å². The number of benzene rings is 3. The molecule has 0 spiro atoms. The zero-order valence-electron chi connectivity index (χ0n) is 32.0. The molecule has 0 atom stereocenters. The SMILES string of the molecule is CC/C=C\C/C=C\C/C=C\C/C=C\C/C=C\C/C=C\CCC(=O)CCn1c(=O)oc2c(N3CCN(Cc4cccc(-c5ccccc5)c4)CC3)cccc21. The second-order valence-electron chi connectivity index (χ2n) is 13.7. The van der Waals surface area contributed by atoms with E-state index in [1.54, 1.807) is 4.57 Å². The summed E-state index contributed by atoms with van der Waals surface area (Å²) in [6.45, 7) is 6.91. The van der Waals surface area contributed by atoms with Crippen molar-refractivity contribution in [1.82, 2.24) is 9.47 Å². The van der Waals surface area contributed by atoms with Gasteiger partial charge in [0, 0.05) is 52.1 Å². The van der Waals surface area contributed by atoms with Gasteiger partial charge in [-0.15, -0.1) is 0 Å². The highest BCUT2D eigenvalue weighted by Gasteiger charge is 2.22. The van der Waals surface area contributed by atoms with Gasteiger partial charge in [0.1, 0.15) is 5.78 Å². The Hall–Kier alpha value is -5.20. The van der Waals surface area contributed by atoms with Crippen LogP contribution in [0, 0.1) is 0 Å². The smallest absolute Gasteiger partial charge is 0.405 e. The van der Waals surface area contributed by atoms with Crippen LogP contribution in [0.5, 0.6) is 0 Å². The summed E-state index contributed by atoms with van der Waals surface area (Å²) in [6, 6.07) is 25.2. The van der Waals surface area contributed by atoms with Gasteiger partial charge in [0.15, 0.2) is 5.58 Å². The predicted molar refractivity (Wildman–Crippen MR) is 227 cm³/mol. The van der Waals surface area contributed by atoms with E-state index in [-0.39, 0.29) is 5.78 Å². The summed E-state index contributed by atoms with van der Waals surface area (Å²) in [5, 5.41) is 0. The molecule has 1 aliphatic rings. The monoisotopic (exact) mass is 723 g/mol. The zero-order valence-corrected chi connectivity index (χ0v) is 32.0. The first-order valence-corrected chi connectivity index (χ1v) is 19.8. The van der Waals surface area contributed by atoms with Crippen LogP contribution in [-0.2, 0) is 17.9 Å². The van der Waals surface area contributed by atoms with Crippen LogP contribution in [0.3, 0.4) is 0 Å². The lowest BCUT2D eigenvalue weighted by molar-refractivity contribution is -0.119. The summed E-state index contributed by atoms with van der Waals surface area (Å²) in [4.78, 5) is 30.4. The number of carbonyl (C=O) groups excluding carboxylic acids is 1. The molecule has 3 aromatic carbocycles. The number of piperazine rings is 1. The fourth-order valence-electron chi connectivity index (χ4n) is 6.66. The quantitative estimate of drug-likeness (QED) is 0.0801. The molecule has 0 saturated carbocycles. The molecule has 1 aromatic heterocycles. The van der Waals surface area contributed by atoms with E-state index in [4.69, 9.17) is 4.42 Å². The molecule has 1 saturated heterocycles. The van der Waals surface area contributed by atoms with E-state index in [0.717, 1.165) is 82.5 Å². The zero-order chi connectivity index (χ0) is 37.6. The Bertz CT molecular complexity index is 1970. The third-order valence-corrected chi connectivity index (χ3v) is 9.63. The molecule has 0 radical (unpaired) electrons. The number of rotatable bonds is 21. The van der Waals surface area contributed by atoms with Crippen LogP contribution in [0.15, 0.2) is 155 Å². The summed E-state index contributed by atoms with van der Waals surface area (Å²) in [6.07, 6.45) is 33.5. The molecule has 1 fully saturated rings. The normalized spacial score (nSPS) is 14.5. The van der Waals surface area contributed by atoms with Gasteiger partial charge in [0.05, 0.1) is 11.2 Å². The fraction of sp³-hybridized carbons (Fsp3) is 0.333. The Morgan fingerprint density at radius 1 is 0.648 bits per heavy atom. The van der Waals surface area contributed by atoms with Gasteiger partial charge in [0.25, 0.3) is 0 Å². The Morgan fingerprint density at radius 3 is 1.89 bits per heavy atom. The highest BCUT2D eigenvalue weighted by Crippen LogP contribution is 2.28. The first-order chi connectivity index (χ1) is 26.6. The molecule has 6 nitrogen and oxygen atoms in total. The van der Waals surface area contributed by atoms with E-state index >= 15 is 0 Å². The number of Topliss-reactive ketones (excluding diaryl/α,β-unsaturated/α-hetero) is 1. The van der Waals surface area contributed by atoms with E-state index in [0.29, 0.717) is 31.4 Å². The summed E-state index contributed by atoms with van der Waals surface area (Å²) in [5.41, 5.74) is 6.08. The van der Waals surface area contributed by atoms with Gasteiger partial charge in [-0.25, -0.2) is 4.79 Å². The lowest BCUT2D eigenvalue weighted by Gasteiger charge is -2.36. The topological polar surface area (TPSA) is 58.7 Å². The average molecular weight is 724 g/mol. The van der Waals surface area contributed by atoms with Gasteiger partial charge in [-0.2, -0.15) is 0 Å². The molecule has 0 unspecified atom stereocenters. The van der Waals surface area contributed by atoms with E-state index in [1.165, 1.54) is 16.7 Å². The van der Waals surface area contributed by atoms with Crippen LogP contribution in [0.25, 0.3) is 22.2 Å². The van der Waals surface area contributed by atoms with Crippen molar-refractivity contribution in [3.05, 3.63) is 162 Å². The molecule has 2 heterocycles. The molecule has 0 bridgehead atoms. The third-order valence-electron chi connectivity index (χ3n) is 9.63. The highest BCUT2D eigenvalue weighted by molar-refractivity contribution is 5.87. The molecule has 0 amide bonds. The van der Waals surface area contributed by atoms with Crippen molar-refractivity contribution in [3.63, 3.8) is 0 Å². The number of fused-ring (bicyclic) bond motifs is 1. The van der Waals surface area contributed by atoms with Crippen LogP contribution < -0.4 is 10.7 Å². The maximum absolute atomic E-state index is 12.9. The van der Waals surface area contributed by atoms with E-state index in [9.17, 15) is 9.59 Å². The number of nitrogens with zero attached hydrogens (tertiary/aromatic N) is 3. The van der Waals surface area contributed by atoms with Gasteiger partial charge < -0.3 is 9.32 Å². The number of allylic oxidation sites excluding steroid dienone is 12. The minimum atomic E-state index is -0.404. The Kier molecular flexibility index (Phi) is 16.9. The van der Waals surface area contributed by atoms with E-state index in [2.05, 4.69) is 138 Å². The van der Waals surface area contributed by atoms with Gasteiger partial charge in [-0.1, -0.05) is 134 Å². The number of carbonyl (C=O) groups is 1. The maximum atomic E-state index is 12.9. The summed E-state index contributed by atoms with van der Waals surface area (Å²) in [7, 11) is 0. The summed E-state index contributed by atoms with van der Waals surface area (Å²) >= 11 is 0. The Labute approximate surface area is 322 Å². The molecule has 0 N–H and O–H groups in total. The number of ketones is 1. The third kappa shape index (κ3) is 13.0. The molecule has 4 aromatic rings. The molecular formula is C48H57N3O3. The molecule has 5 rings (SSSR count). The van der Waals surface area contributed by atoms with Gasteiger partial charge in [0.2, 0.25) is 0 Å². The van der Waals surface area contributed by atoms with Crippen molar-refractivity contribution in [2.75, 3.05) is 31.1 Å².